The second-order valence-corrected chi connectivity index (χ2v) is 10.1. The molecule has 2 aliphatic rings. The van der Waals surface area contributed by atoms with E-state index in [4.69, 9.17) is 4.74 Å². The number of hydrogen-bond donors (Lipinski definition) is 1. The quantitative estimate of drug-likeness (QED) is 0.272. The molecule has 1 aliphatic heterocycles. The van der Waals surface area contributed by atoms with Crippen LogP contribution in [0.5, 0.6) is 5.75 Å². The number of ether oxygens (including phenoxy) is 1. The van der Waals surface area contributed by atoms with Crippen molar-refractivity contribution in [1.82, 2.24) is 10.3 Å². The van der Waals surface area contributed by atoms with Crippen molar-refractivity contribution in [3.63, 3.8) is 0 Å². The van der Waals surface area contributed by atoms with Crippen LogP contribution in [-0.2, 0) is 19.6 Å². The number of rotatable bonds is 7. The fourth-order valence-electron chi connectivity index (χ4n) is 4.17. The van der Waals surface area contributed by atoms with Crippen molar-refractivity contribution < 1.29 is 22.7 Å². The molecule has 0 unspecified atom stereocenters. The fraction of sp³-hybridized carbons (Fsp3) is 0.360. The lowest BCUT2D eigenvalue weighted by atomic mass is 9.95. The van der Waals surface area contributed by atoms with E-state index >= 15 is 0 Å². The monoisotopic (exact) mass is 496 g/mol. The Labute approximate surface area is 204 Å². The van der Waals surface area contributed by atoms with E-state index in [9.17, 15) is 18.0 Å². The Morgan fingerprint density at radius 3 is 2.54 bits per heavy atom. The molecule has 4 rings (SSSR count). The van der Waals surface area contributed by atoms with E-state index in [0.717, 1.165) is 25.7 Å². The van der Waals surface area contributed by atoms with Crippen LogP contribution in [0.2, 0.25) is 0 Å². The number of carbonyl (C=O) groups excluding carboxylic acids is 2. The Balaban J connectivity index is 1.53. The van der Waals surface area contributed by atoms with Gasteiger partial charge in [0, 0.05) is 24.9 Å². The molecule has 1 heterocycles. The summed E-state index contributed by atoms with van der Waals surface area (Å²) < 4.78 is 34.2. The number of carbonyl (C=O) groups is 2. The normalized spacial score (nSPS) is 17.0. The molecule has 184 valence electrons. The van der Waals surface area contributed by atoms with Gasteiger partial charge in [-0.3, -0.25) is 9.59 Å². The predicted molar refractivity (Wildman–Crippen MR) is 132 cm³/mol. The van der Waals surface area contributed by atoms with E-state index in [2.05, 4.69) is 14.8 Å². The van der Waals surface area contributed by atoms with Crippen LogP contribution in [0.15, 0.2) is 62.9 Å². The number of hydrogen-bond acceptors (Lipinski definition) is 7. The summed E-state index contributed by atoms with van der Waals surface area (Å²) in [5, 5.41) is 9.00. The van der Waals surface area contributed by atoms with Gasteiger partial charge in [-0.25, -0.2) is 5.01 Å². The summed E-state index contributed by atoms with van der Waals surface area (Å²) in [6, 6.07) is 13.5. The van der Waals surface area contributed by atoms with Crippen LogP contribution < -0.4 is 10.1 Å². The van der Waals surface area contributed by atoms with Crippen LogP contribution >= 0.6 is 0 Å². The molecule has 0 aromatic heterocycles. The maximum atomic E-state index is 12.6. The predicted octanol–water partition coefficient (Wildman–Crippen LogP) is 3.24. The molecule has 1 aliphatic carbocycles. The Morgan fingerprint density at radius 2 is 1.83 bits per heavy atom. The molecule has 0 bridgehead atoms. The molecule has 9 nitrogen and oxygen atoms in total. The zero-order valence-corrected chi connectivity index (χ0v) is 20.3. The summed E-state index contributed by atoms with van der Waals surface area (Å²) in [5.41, 5.74) is 1.15. The first kappa shape index (κ1) is 24.6. The fourth-order valence-corrected chi connectivity index (χ4v) is 5.38. The van der Waals surface area contributed by atoms with Crippen LogP contribution in [0.1, 0.15) is 56.6 Å². The Kier molecular flexibility index (Phi) is 7.60. The van der Waals surface area contributed by atoms with Gasteiger partial charge in [0.15, 0.2) is 5.84 Å². The molecular weight excluding hydrogens is 468 g/mol. The molecule has 2 aromatic rings. The van der Waals surface area contributed by atoms with Gasteiger partial charge >= 0.3 is 5.97 Å². The number of hydrazone groups is 1. The van der Waals surface area contributed by atoms with Gasteiger partial charge in [-0.1, -0.05) is 31.4 Å². The number of amidine groups is 1. The second-order valence-electron chi connectivity index (χ2n) is 8.57. The van der Waals surface area contributed by atoms with Crippen molar-refractivity contribution in [3.05, 3.63) is 59.7 Å². The molecule has 35 heavy (non-hydrogen) atoms. The zero-order valence-electron chi connectivity index (χ0n) is 19.5. The number of amides is 1. The molecule has 0 spiro atoms. The average Bonchev–Trinajstić information content (AvgIpc) is 3.11. The topological polar surface area (TPSA) is 118 Å². The van der Waals surface area contributed by atoms with Crippen molar-refractivity contribution >= 4 is 33.9 Å². The minimum absolute atomic E-state index is 0.0995. The zero-order chi connectivity index (χ0) is 24.8. The molecule has 1 N–H and O–H groups in total. The third kappa shape index (κ3) is 6.33. The van der Waals surface area contributed by atoms with Crippen LogP contribution in [0, 0.1) is 0 Å². The minimum atomic E-state index is -3.84. The molecule has 1 amide bonds. The standard InChI is InChI=1S/C25H28N4O5S/c1-18(30)34-21-13-11-19(12-14-21)17-26-29(16-15-24(31)27-20-7-3-2-4-8-20)25-22-9-5-6-10-23(22)35(32,33)28-25/h5-6,9-14,17,20H,2-4,7-8,15-16H2,1H3,(H,27,31). The third-order valence-corrected chi connectivity index (χ3v) is 7.19. The number of esters is 1. The lowest BCUT2D eigenvalue weighted by molar-refractivity contribution is -0.131. The van der Waals surface area contributed by atoms with Gasteiger partial charge in [0.25, 0.3) is 10.0 Å². The van der Waals surface area contributed by atoms with Gasteiger partial charge in [0.2, 0.25) is 5.91 Å². The van der Waals surface area contributed by atoms with E-state index in [-0.39, 0.29) is 35.6 Å². The molecule has 0 radical (unpaired) electrons. The lowest BCUT2D eigenvalue weighted by Gasteiger charge is -2.24. The van der Waals surface area contributed by atoms with Gasteiger partial charge in [-0.15, -0.1) is 4.40 Å². The Hall–Kier alpha value is -3.53. The molecule has 2 aromatic carbocycles. The van der Waals surface area contributed by atoms with Gasteiger partial charge in [-0.2, -0.15) is 13.5 Å². The first-order chi connectivity index (χ1) is 16.8. The highest BCUT2D eigenvalue weighted by Gasteiger charge is 2.32. The van der Waals surface area contributed by atoms with E-state index in [1.165, 1.54) is 24.4 Å². The summed E-state index contributed by atoms with van der Waals surface area (Å²) in [5.74, 6) is 0.0747. The largest absolute Gasteiger partial charge is 0.427 e. The van der Waals surface area contributed by atoms with Gasteiger partial charge < -0.3 is 10.1 Å². The highest BCUT2D eigenvalue weighted by atomic mass is 32.2. The van der Waals surface area contributed by atoms with Crippen LogP contribution in [0.4, 0.5) is 0 Å². The smallest absolute Gasteiger partial charge is 0.308 e. The van der Waals surface area contributed by atoms with E-state index in [0.29, 0.717) is 16.9 Å². The van der Waals surface area contributed by atoms with Crippen molar-refractivity contribution in [2.24, 2.45) is 9.50 Å². The summed E-state index contributed by atoms with van der Waals surface area (Å²) in [6.45, 7) is 1.48. The third-order valence-electron chi connectivity index (χ3n) is 5.87. The highest BCUT2D eigenvalue weighted by molar-refractivity contribution is 7.90. The Bertz CT molecular complexity index is 1250. The van der Waals surface area contributed by atoms with Crippen LogP contribution in [0.25, 0.3) is 0 Å². The SMILES string of the molecule is CC(=O)Oc1ccc(C=NN(CCC(=O)NC2CCCCC2)C2=NS(=O)(=O)c3ccccc32)cc1. The number of nitrogens with zero attached hydrogens (tertiary/aromatic N) is 3. The molecule has 0 saturated heterocycles. The molecule has 1 saturated carbocycles. The number of sulfonamides is 1. The summed E-state index contributed by atoms with van der Waals surface area (Å²) in [7, 11) is -3.84. The maximum Gasteiger partial charge on any atom is 0.308 e. The summed E-state index contributed by atoms with van der Waals surface area (Å²) >= 11 is 0. The van der Waals surface area contributed by atoms with Crippen molar-refractivity contribution in [3.8, 4) is 5.75 Å². The maximum absolute atomic E-state index is 12.6. The first-order valence-corrected chi connectivity index (χ1v) is 13.1. The van der Waals surface area contributed by atoms with E-state index in [1.54, 1.807) is 48.7 Å². The molecule has 10 heteroatoms. The van der Waals surface area contributed by atoms with Crippen LogP contribution in [-0.4, -0.2) is 49.9 Å². The Morgan fingerprint density at radius 1 is 1.11 bits per heavy atom. The van der Waals surface area contributed by atoms with E-state index < -0.39 is 16.0 Å². The molecule has 1 fully saturated rings. The summed E-state index contributed by atoms with van der Waals surface area (Å²) in [4.78, 5) is 23.8. The minimum Gasteiger partial charge on any atom is -0.427 e. The number of nitrogens with one attached hydrogen (secondary N) is 1. The summed E-state index contributed by atoms with van der Waals surface area (Å²) in [6.07, 6.45) is 7.08. The lowest BCUT2D eigenvalue weighted by Crippen LogP contribution is -2.38. The van der Waals surface area contributed by atoms with Gasteiger partial charge in [0.05, 0.1) is 12.8 Å². The second kappa shape index (κ2) is 10.8. The average molecular weight is 497 g/mol. The number of benzene rings is 2. The van der Waals surface area contributed by atoms with Crippen molar-refractivity contribution in [2.75, 3.05) is 6.54 Å². The van der Waals surface area contributed by atoms with Gasteiger partial charge in [-0.05, 0) is 54.8 Å². The van der Waals surface area contributed by atoms with E-state index in [1.807, 2.05) is 0 Å². The molecular formula is C25H28N4O5S. The molecule has 0 atom stereocenters. The van der Waals surface area contributed by atoms with Crippen molar-refractivity contribution in [2.45, 2.75) is 56.4 Å². The van der Waals surface area contributed by atoms with Crippen molar-refractivity contribution in [1.29, 1.82) is 0 Å². The highest BCUT2D eigenvalue weighted by Crippen LogP contribution is 2.28. The first-order valence-electron chi connectivity index (χ1n) is 11.7. The van der Waals surface area contributed by atoms with Gasteiger partial charge in [0.1, 0.15) is 10.6 Å². The number of fused-ring (bicyclic) bond motifs is 1. The van der Waals surface area contributed by atoms with Crippen LogP contribution in [0.3, 0.4) is 0 Å².